The molecule has 0 aliphatic rings. The summed E-state index contributed by atoms with van der Waals surface area (Å²) in [5, 5.41) is 5.91. The average molecular weight is 377 g/mol. The van der Waals surface area contributed by atoms with E-state index >= 15 is 0 Å². The van der Waals surface area contributed by atoms with E-state index in [2.05, 4.69) is 24.5 Å². The molecule has 0 fully saturated rings. The van der Waals surface area contributed by atoms with Gasteiger partial charge in [-0.2, -0.15) is 0 Å². The molecule has 2 N–H and O–H groups in total. The highest BCUT2D eigenvalue weighted by Gasteiger charge is 2.39. The summed E-state index contributed by atoms with van der Waals surface area (Å²) in [6.45, 7) is 13.3. The smallest absolute Gasteiger partial charge is 0.374 e. The first-order chi connectivity index (χ1) is 12.1. The van der Waals surface area contributed by atoms with E-state index in [0.717, 1.165) is 25.4 Å². The van der Waals surface area contributed by atoms with Crippen LogP contribution in [0.4, 0.5) is 4.79 Å². The topological polar surface area (TPSA) is 68.8 Å². The van der Waals surface area contributed by atoms with Crippen molar-refractivity contribution in [3.63, 3.8) is 0 Å². The van der Waals surface area contributed by atoms with Gasteiger partial charge in [0.1, 0.15) is 0 Å². The Morgan fingerprint density at radius 1 is 0.920 bits per heavy atom. The summed E-state index contributed by atoms with van der Waals surface area (Å²) in [5.41, 5.74) is 0. The van der Waals surface area contributed by atoms with Crippen LogP contribution in [0.5, 0.6) is 0 Å². The predicted molar refractivity (Wildman–Crippen MR) is 105 cm³/mol. The average Bonchev–Trinajstić information content (AvgIpc) is 2.59. The summed E-state index contributed by atoms with van der Waals surface area (Å²) in [4.78, 5) is 11.9. The quantitative estimate of drug-likeness (QED) is 0.316. The van der Waals surface area contributed by atoms with Crippen LogP contribution < -0.4 is 10.6 Å². The Hall–Kier alpha value is -0.633. The molecule has 1 atom stereocenters. The minimum atomic E-state index is -2.60. The van der Waals surface area contributed by atoms with Crippen LogP contribution in [0.2, 0.25) is 6.04 Å². The van der Waals surface area contributed by atoms with Gasteiger partial charge in [-0.3, -0.25) is 0 Å². The molecule has 0 spiro atoms. The predicted octanol–water partition coefficient (Wildman–Crippen LogP) is 3.94. The zero-order valence-electron chi connectivity index (χ0n) is 17.0. The SMILES string of the molecule is CCCCC(CC)CNC(=O)NCCC[Si](OCC)(OCC)OCC. The molecule has 0 bridgehead atoms. The second-order valence-electron chi connectivity index (χ2n) is 6.14. The molecule has 6 nitrogen and oxygen atoms in total. The summed E-state index contributed by atoms with van der Waals surface area (Å²) in [6.07, 6.45) is 5.49. The molecular formula is C18H40N2O4Si. The monoisotopic (exact) mass is 376 g/mol. The molecule has 0 saturated carbocycles. The van der Waals surface area contributed by atoms with Crippen LogP contribution in [-0.2, 0) is 13.3 Å². The van der Waals surface area contributed by atoms with Crippen molar-refractivity contribution in [3.8, 4) is 0 Å². The maximum atomic E-state index is 11.9. The number of hydrogen-bond acceptors (Lipinski definition) is 4. The molecule has 2 amide bonds. The molecule has 7 heteroatoms. The highest BCUT2D eigenvalue weighted by molar-refractivity contribution is 6.60. The van der Waals surface area contributed by atoms with E-state index in [1.165, 1.54) is 19.3 Å². The molecule has 150 valence electrons. The second kappa shape index (κ2) is 15.6. The normalized spacial score (nSPS) is 12.8. The number of unbranched alkanes of at least 4 members (excludes halogenated alkanes) is 1. The fourth-order valence-electron chi connectivity index (χ4n) is 2.75. The molecule has 0 aliphatic heterocycles. The molecule has 0 aromatic carbocycles. The lowest BCUT2D eigenvalue weighted by atomic mass is 9.99. The lowest BCUT2D eigenvalue weighted by Gasteiger charge is -2.28. The van der Waals surface area contributed by atoms with E-state index in [1.807, 2.05) is 20.8 Å². The van der Waals surface area contributed by atoms with Crippen LogP contribution in [0.25, 0.3) is 0 Å². The van der Waals surface area contributed by atoms with Crippen LogP contribution in [0.15, 0.2) is 0 Å². The number of amides is 2. The van der Waals surface area contributed by atoms with Gasteiger partial charge in [0.25, 0.3) is 0 Å². The Bertz CT molecular complexity index is 315. The van der Waals surface area contributed by atoms with Gasteiger partial charge in [0.2, 0.25) is 0 Å². The van der Waals surface area contributed by atoms with E-state index in [4.69, 9.17) is 13.3 Å². The van der Waals surface area contributed by atoms with Gasteiger partial charge in [-0.15, -0.1) is 0 Å². The number of hydrogen-bond donors (Lipinski definition) is 2. The van der Waals surface area contributed by atoms with Crippen LogP contribution >= 0.6 is 0 Å². The van der Waals surface area contributed by atoms with Crippen molar-refractivity contribution in [2.45, 2.75) is 72.8 Å². The highest BCUT2D eigenvalue weighted by Crippen LogP contribution is 2.17. The fraction of sp³-hybridized carbons (Fsp3) is 0.944. The summed E-state index contributed by atoms with van der Waals surface area (Å²) in [7, 11) is -2.60. The molecule has 0 rings (SSSR count). The van der Waals surface area contributed by atoms with E-state index < -0.39 is 8.80 Å². The van der Waals surface area contributed by atoms with Gasteiger partial charge in [0, 0.05) is 39.0 Å². The number of nitrogens with one attached hydrogen (secondary N) is 2. The van der Waals surface area contributed by atoms with Crippen molar-refractivity contribution in [3.05, 3.63) is 0 Å². The molecule has 0 radical (unpaired) electrons. The first kappa shape index (κ1) is 24.4. The summed E-state index contributed by atoms with van der Waals surface area (Å²) in [5.74, 6) is 0.569. The van der Waals surface area contributed by atoms with E-state index in [9.17, 15) is 4.79 Å². The van der Waals surface area contributed by atoms with Crippen molar-refractivity contribution in [2.24, 2.45) is 5.92 Å². The summed E-state index contributed by atoms with van der Waals surface area (Å²) >= 11 is 0. The number of rotatable bonds is 16. The second-order valence-corrected chi connectivity index (χ2v) is 8.87. The van der Waals surface area contributed by atoms with Gasteiger partial charge in [0.05, 0.1) is 0 Å². The van der Waals surface area contributed by atoms with Gasteiger partial charge < -0.3 is 23.9 Å². The number of carbonyl (C=O) groups is 1. The minimum Gasteiger partial charge on any atom is -0.374 e. The standard InChI is InChI=1S/C18H40N2O4Si/c1-6-11-13-17(7-2)16-20-18(21)19-14-12-15-25(22-8-3,23-9-4)24-10-5/h17H,6-16H2,1-5H3,(H2,19,20,21). The van der Waals surface area contributed by atoms with Crippen molar-refractivity contribution in [2.75, 3.05) is 32.9 Å². The molecule has 25 heavy (non-hydrogen) atoms. The van der Waals surface area contributed by atoms with Crippen LogP contribution in [0.3, 0.4) is 0 Å². The Kier molecular flexibility index (Phi) is 15.2. The maximum Gasteiger partial charge on any atom is 0.500 e. The minimum absolute atomic E-state index is 0.0913. The maximum absolute atomic E-state index is 11.9. The molecule has 0 aromatic heterocycles. The molecule has 0 saturated heterocycles. The van der Waals surface area contributed by atoms with Crippen molar-refractivity contribution < 1.29 is 18.1 Å². The molecule has 0 aromatic rings. The number of carbonyl (C=O) groups excluding carboxylic acids is 1. The third kappa shape index (κ3) is 11.6. The van der Waals surface area contributed by atoms with E-state index in [1.54, 1.807) is 0 Å². The Labute approximate surface area is 155 Å². The summed E-state index contributed by atoms with van der Waals surface area (Å²) in [6, 6.07) is 0.628. The highest BCUT2D eigenvalue weighted by atomic mass is 28.4. The third-order valence-electron chi connectivity index (χ3n) is 4.13. The molecule has 1 unspecified atom stereocenters. The Morgan fingerprint density at radius 2 is 1.52 bits per heavy atom. The lowest BCUT2D eigenvalue weighted by molar-refractivity contribution is 0.0708. The first-order valence-electron chi connectivity index (χ1n) is 10.0. The Morgan fingerprint density at radius 3 is 2.00 bits per heavy atom. The van der Waals surface area contributed by atoms with E-state index in [0.29, 0.717) is 32.3 Å². The van der Waals surface area contributed by atoms with Crippen molar-refractivity contribution >= 4 is 14.8 Å². The zero-order chi connectivity index (χ0) is 19.0. The number of urea groups is 1. The summed E-state index contributed by atoms with van der Waals surface area (Å²) < 4.78 is 17.4. The van der Waals surface area contributed by atoms with Gasteiger partial charge in [-0.1, -0.05) is 33.1 Å². The van der Waals surface area contributed by atoms with Gasteiger partial charge >= 0.3 is 14.8 Å². The molecule has 0 aliphatic carbocycles. The lowest BCUT2D eigenvalue weighted by Crippen LogP contribution is -2.46. The van der Waals surface area contributed by atoms with Crippen molar-refractivity contribution in [1.82, 2.24) is 10.6 Å². The van der Waals surface area contributed by atoms with Crippen LogP contribution in [0.1, 0.15) is 66.7 Å². The van der Waals surface area contributed by atoms with Gasteiger partial charge in [-0.05, 0) is 39.5 Å². The largest absolute Gasteiger partial charge is 0.500 e. The van der Waals surface area contributed by atoms with E-state index in [-0.39, 0.29) is 6.03 Å². The third-order valence-corrected chi connectivity index (χ3v) is 7.28. The first-order valence-corrected chi connectivity index (χ1v) is 11.9. The van der Waals surface area contributed by atoms with Crippen LogP contribution in [-0.4, -0.2) is 47.7 Å². The van der Waals surface area contributed by atoms with Gasteiger partial charge in [-0.25, -0.2) is 4.79 Å². The Balaban J connectivity index is 4.11. The molecular weight excluding hydrogens is 336 g/mol. The molecule has 0 heterocycles. The van der Waals surface area contributed by atoms with Crippen LogP contribution in [0, 0.1) is 5.92 Å². The van der Waals surface area contributed by atoms with Gasteiger partial charge in [0.15, 0.2) is 0 Å². The van der Waals surface area contributed by atoms with Crippen molar-refractivity contribution in [1.29, 1.82) is 0 Å². The zero-order valence-corrected chi connectivity index (χ0v) is 18.0. The fourth-order valence-corrected chi connectivity index (χ4v) is 5.36.